The van der Waals surface area contributed by atoms with Gasteiger partial charge in [-0.2, -0.15) is 11.8 Å². The molecule has 2 aliphatic rings. The van der Waals surface area contributed by atoms with E-state index < -0.39 is 0 Å². The number of ether oxygens (including phenoxy) is 2. The van der Waals surface area contributed by atoms with Crippen LogP contribution in [0.1, 0.15) is 37.7 Å². The van der Waals surface area contributed by atoms with Crippen molar-refractivity contribution in [3.05, 3.63) is 29.8 Å². The third kappa shape index (κ3) is 4.93. The van der Waals surface area contributed by atoms with E-state index in [1.54, 1.807) is 12.2 Å². The second-order valence-corrected chi connectivity index (χ2v) is 7.28. The van der Waals surface area contributed by atoms with Gasteiger partial charge < -0.3 is 14.8 Å². The summed E-state index contributed by atoms with van der Waals surface area (Å²) in [5, 5.41) is 3.74. The summed E-state index contributed by atoms with van der Waals surface area (Å²) in [6.45, 7) is 0.993. The molecule has 0 bridgehead atoms. The van der Waals surface area contributed by atoms with E-state index in [2.05, 4.69) is 5.32 Å². The van der Waals surface area contributed by atoms with E-state index in [-0.39, 0.29) is 12.7 Å². The molecular formula is C18H23NO3S. The number of benzene rings is 1. The van der Waals surface area contributed by atoms with Crippen molar-refractivity contribution in [1.29, 1.82) is 0 Å². The topological polar surface area (TPSA) is 47.6 Å². The molecule has 1 heterocycles. The molecule has 1 saturated carbocycles. The zero-order chi connectivity index (χ0) is 15.9. The van der Waals surface area contributed by atoms with Crippen LogP contribution < -0.4 is 14.8 Å². The van der Waals surface area contributed by atoms with E-state index >= 15 is 0 Å². The van der Waals surface area contributed by atoms with Crippen LogP contribution in [0.25, 0.3) is 6.08 Å². The number of hydrogen-bond acceptors (Lipinski definition) is 4. The third-order valence-corrected chi connectivity index (χ3v) is 5.51. The van der Waals surface area contributed by atoms with Gasteiger partial charge in [-0.05, 0) is 36.6 Å². The van der Waals surface area contributed by atoms with Crippen LogP contribution in [0.5, 0.6) is 11.5 Å². The SMILES string of the molecule is O=C(/C=C/c1ccc2c(c1)OCO2)NCCSC1CCCCC1. The lowest BCUT2D eigenvalue weighted by Crippen LogP contribution is -2.24. The van der Waals surface area contributed by atoms with Gasteiger partial charge >= 0.3 is 0 Å². The van der Waals surface area contributed by atoms with Gasteiger partial charge in [0.05, 0.1) is 0 Å². The molecule has 23 heavy (non-hydrogen) atoms. The van der Waals surface area contributed by atoms with Crippen LogP contribution in [-0.4, -0.2) is 30.2 Å². The monoisotopic (exact) mass is 333 g/mol. The van der Waals surface area contributed by atoms with E-state index in [1.165, 1.54) is 32.1 Å². The number of carbonyl (C=O) groups is 1. The summed E-state index contributed by atoms with van der Waals surface area (Å²) in [5.41, 5.74) is 0.931. The molecule has 124 valence electrons. The number of thioether (sulfide) groups is 1. The molecule has 0 unspecified atom stereocenters. The first kappa shape index (κ1) is 16.2. The van der Waals surface area contributed by atoms with Crippen molar-refractivity contribution in [2.75, 3.05) is 19.1 Å². The summed E-state index contributed by atoms with van der Waals surface area (Å²) in [4.78, 5) is 11.8. The Labute approximate surface area is 141 Å². The molecule has 0 atom stereocenters. The summed E-state index contributed by atoms with van der Waals surface area (Å²) in [5.74, 6) is 2.43. The van der Waals surface area contributed by atoms with Gasteiger partial charge in [-0.1, -0.05) is 25.3 Å². The number of amides is 1. The molecule has 5 heteroatoms. The predicted molar refractivity (Wildman–Crippen MR) is 93.9 cm³/mol. The Hall–Kier alpha value is -1.62. The first-order valence-electron chi connectivity index (χ1n) is 8.28. The zero-order valence-corrected chi connectivity index (χ0v) is 14.1. The molecule has 0 spiro atoms. The average Bonchev–Trinajstić information content (AvgIpc) is 3.05. The van der Waals surface area contributed by atoms with Crippen molar-refractivity contribution in [2.45, 2.75) is 37.4 Å². The van der Waals surface area contributed by atoms with Crippen molar-refractivity contribution in [3.8, 4) is 11.5 Å². The normalized spacial score (nSPS) is 17.6. The molecular weight excluding hydrogens is 310 g/mol. The Morgan fingerprint density at radius 1 is 1.22 bits per heavy atom. The Morgan fingerprint density at radius 2 is 2.04 bits per heavy atom. The van der Waals surface area contributed by atoms with Crippen LogP contribution in [0, 0.1) is 0 Å². The van der Waals surface area contributed by atoms with Gasteiger partial charge in [0.1, 0.15) is 0 Å². The second kappa shape index (κ2) is 8.29. The van der Waals surface area contributed by atoms with Crippen molar-refractivity contribution >= 4 is 23.7 Å². The van der Waals surface area contributed by atoms with Crippen LogP contribution in [0.4, 0.5) is 0 Å². The molecule has 0 aromatic heterocycles. The van der Waals surface area contributed by atoms with E-state index in [1.807, 2.05) is 30.0 Å². The first-order chi connectivity index (χ1) is 11.3. The Balaban J connectivity index is 1.37. The van der Waals surface area contributed by atoms with Crippen molar-refractivity contribution < 1.29 is 14.3 Å². The summed E-state index contributed by atoms with van der Waals surface area (Å²) in [7, 11) is 0. The summed E-state index contributed by atoms with van der Waals surface area (Å²) in [6, 6.07) is 5.65. The lowest BCUT2D eigenvalue weighted by atomic mass is 10.0. The van der Waals surface area contributed by atoms with Crippen LogP contribution >= 0.6 is 11.8 Å². The molecule has 4 nitrogen and oxygen atoms in total. The summed E-state index contributed by atoms with van der Waals surface area (Å²) in [6.07, 6.45) is 10.2. The quantitative estimate of drug-likeness (QED) is 0.638. The first-order valence-corrected chi connectivity index (χ1v) is 9.33. The van der Waals surface area contributed by atoms with Gasteiger partial charge in [0.2, 0.25) is 12.7 Å². The summed E-state index contributed by atoms with van der Waals surface area (Å²) < 4.78 is 10.6. The van der Waals surface area contributed by atoms with Gasteiger partial charge in [-0.3, -0.25) is 4.79 Å². The second-order valence-electron chi connectivity index (χ2n) is 5.87. The van der Waals surface area contributed by atoms with Crippen LogP contribution in [0.15, 0.2) is 24.3 Å². The fourth-order valence-electron chi connectivity index (χ4n) is 2.88. The van der Waals surface area contributed by atoms with Gasteiger partial charge in [0, 0.05) is 23.6 Å². The predicted octanol–water partition coefficient (Wildman–Crippen LogP) is 3.61. The molecule has 1 amide bonds. The van der Waals surface area contributed by atoms with E-state index in [9.17, 15) is 4.79 Å². The maximum absolute atomic E-state index is 11.8. The maximum atomic E-state index is 11.8. The molecule has 3 rings (SSSR count). The number of hydrogen-bond donors (Lipinski definition) is 1. The highest BCUT2D eigenvalue weighted by molar-refractivity contribution is 7.99. The number of nitrogens with one attached hydrogen (secondary N) is 1. The van der Waals surface area contributed by atoms with Gasteiger partial charge in [-0.15, -0.1) is 0 Å². The minimum Gasteiger partial charge on any atom is -0.454 e. The van der Waals surface area contributed by atoms with Crippen LogP contribution in [0.3, 0.4) is 0 Å². The number of fused-ring (bicyclic) bond motifs is 1. The third-order valence-electron chi connectivity index (χ3n) is 4.13. The van der Waals surface area contributed by atoms with Gasteiger partial charge in [0.15, 0.2) is 11.5 Å². The highest BCUT2D eigenvalue weighted by Gasteiger charge is 2.13. The highest BCUT2D eigenvalue weighted by atomic mass is 32.2. The lowest BCUT2D eigenvalue weighted by molar-refractivity contribution is -0.116. The molecule has 1 aromatic rings. The Kier molecular flexibility index (Phi) is 5.86. The van der Waals surface area contributed by atoms with Gasteiger partial charge in [0.25, 0.3) is 0 Å². The Bertz CT molecular complexity index is 567. The zero-order valence-electron chi connectivity index (χ0n) is 13.3. The average molecular weight is 333 g/mol. The number of carbonyl (C=O) groups excluding carboxylic acids is 1. The summed E-state index contributed by atoms with van der Waals surface area (Å²) >= 11 is 2.00. The van der Waals surface area contributed by atoms with Crippen molar-refractivity contribution in [1.82, 2.24) is 5.32 Å². The molecule has 1 aliphatic heterocycles. The van der Waals surface area contributed by atoms with E-state index in [4.69, 9.17) is 9.47 Å². The smallest absolute Gasteiger partial charge is 0.244 e. The largest absolute Gasteiger partial charge is 0.454 e. The van der Waals surface area contributed by atoms with Gasteiger partial charge in [-0.25, -0.2) is 0 Å². The molecule has 0 radical (unpaired) electrons. The molecule has 1 aromatic carbocycles. The van der Waals surface area contributed by atoms with E-state index in [0.29, 0.717) is 0 Å². The standard InChI is InChI=1S/C18H23NO3S/c20-18(19-10-11-23-15-4-2-1-3-5-15)9-7-14-6-8-16-17(12-14)22-13-21-16/h6-9,12,15H,1-5,10-11,13H2,(H,19,20)/b9-7+. The van der Waals surface area contributed by atoms with Crippen molar-refractivity contribution in [2.24, 2.45) is 0 Å². The highest BCUT2D eigenvalue weighted by Crippen LogP contribution is 2.32. The minimum absolute atomic E-state index is 0.0492. The maximum Gasteiger partial charge on any atom is 0.244 e. The van der Waals surface area contributed by atoms with Crippen LogP contribution in [0.2, 0.25) is 0 Å². The fourth-order valence-corrected chi connectivity index (χ4v) is 4.10. The van der Waals surface area contributed by atoms with Crippen LogP contribution in [-0.2, 0) is 4.79 Å². The Morgan fingerprint density at radius 3 is 2.91 bits per heavy atom. The van der Waals surface area contributed by atoms with E-state index in [0.717, 1.165) is 34.6 Å². The minimum atomic E-state index is -0.0492. The fraction of sp³-hybridized carbons (Fsp3) is 0.500. The molecule has 1 N–H and O–H groups in total. The molecule has 0 saturated heterocycles. The lowest BCUT2D eigenvalue weighted by Gasteiger charge is -2.20. The molecule has 1 aliphatic carbocycles. The molecule has 1 fully saturated rings. The van der Waals surface area contributed by atoms with Crippen molar-refractivity contribution in [3.63, 3.8) is 0 Å². The number of rotatable bonds is 6.